The highest BCUT2D eigenvalue weighted by Crippen LogP contribution is 2.43. The number of aliphatic hydroxyl groups is 1. The van der Waals surface area contributed by atoms with Crippen LogP contribution in [0.25, 0.3) is 0 Å². The summed E-state index contributed by atoms with van der Waals surface area (Å²) >= 11 is 0. The van der Waals surface area contributed by atoms with E-state index in [0.29, 0.717) is 13.2 Å². The van der Waals surface area contributed by atoms with E-state index in [9.17, 15) is 5.11 Å². The summed E-state index contributed by atoms with van der Waals surface area (Å²) in [6.07, 6.45) is 0. The van der Waals surface area contributed by atoms with Gasteiger partial charge in [0.1, 0.15) is 11.5 Å². The van der Waals surface area contributed by atoms with Crippen LogP contribution in [0.3, 0.4) is 0 Å². The Hall–Kier alpha value is -0.840. The van der Waals surface area contributed by atoms with E-state index in [-0.39, 0.29) is 18.1 Å². The second kappa shape index (κ2) is 4.20. The van der Waals surface area contributed by atoms with Gasteiger partial charge in [-0.15, -0.1) is 0 Å². The van der Waals surface area contributed by atoms with Crippen LogP contribution < -0.4 is 0 Å². The lowest BCUT2D eigenvalue weighted by Crippen LogP contribution is -2.53. The molecular formula is C12H19NO3. The lowest BCUT2D eigenvalue weighted by atomic mass is 9.77. The maximum absolute atomic E-state index is 9.58. The van der Waals surface area contributed by atoms with Crippen molar-refractivity contribution in [2.45, 2.75) is 13.0 Å². The molecule has 1 fully saturated rings. The van der Waals surface area contributed by atoms with Crippen LogP contribution in [0.4, 0.5) is 0 Å². The molecule has 0 saturated carbocycles. The fourth-order valence-corrected chi connectivity index (χ4v) is 2.40. The van der Waals surface area contributed by atoms with Gasteiger partial charge in [-0.2, -0.15) is 0 Å². The molecule has 16 heavy (non-hydrogen) atoms. The van der Waals surface area contributed by atoms with Gasteiger partial charge in [0.15, 0.2) is 0 Å². The third-order valence-corrected chi connectivity index (χ3v) is 3.22. The molecule has 1 N–H and O–H groups in total. The van der Waals surface area contributed by atoms with Gasteiger partial charge in [0.25, 0.3) is 0 Å². The molecule has 1 aliphatic heterocycles. The highest BCUT2D eigenvalue weighted by Gasteiger charge is 2.48. The molecule has 0 bridgehead atoms. The molecule has 1 aromatic heterocycles. The van der Waals surface area contributed by atoms with Crippen LogP contribution in [0.15, 0.2) is 16.5 Å². The fraction of sp³-hybridized carbons (Fsp3) is 0.667. The Balaban J connectivity index is 2.30. The van der Waals surface area contributed by atoms with Gasteiger partial charge < -0.3 is 14.3 Å². The number of nitrogens with zero attached hydrogens (tertiary/aromatic N) is 1. The van der Waals surface area contributed by atoms with Gasteiger partial charge in [0.05, 0.1) is 31.3 Å². The van der Waals surface area contributed by atoms with Crippen LogP contribution in [0, 0.1) is 12.3 Å². The van der Waals surface area contributed by atoms with Crippen LogP contribution in [0.1, 0.15) is 17.6 Å². The zero-order valence-corrected chi connectivity index (χ0v) is 10.1. The quantitative estimate of drug-likeness (QED) is 0.836. The van der Waals surface area contributed by atoms with Crippen molar-refractivity contribution >= 4 is 0 Å². The Morgan fingerprint density at radius 3 is 2.44 bits per heavy atom. The number of ether oxygens (including phenoxy) is 1. The van der Waals surface area contributed by atoms with Crippen molar-refractivity contribution < 1.29 is 14.3 Å². The minimum Gasteiger partial charge on any atom is -0.465 e. The SMILES string of the molecule is Cc1ccc(C(N(C)C)C2(CO)COC2)o1. The first kappa shape index (κ1) is 11.6. The van der Waals surface area contributed by atoms with Crippen LogP contribution in [-0.4, -0.2) is 43.9 Å². The van der Waals surface area contributed by atoms with Crippen molar-refractivity contribution in [2.24, 2.45) is 5.41 Å². The van der Waals surface area contributed by atoms with Crippen molar-refractivity contribution in [2.75, 3.05) is 33.9 Å². The van der Waals surface area contributed by atoms with Crippen molar-refractivity contribution in [3.63, 3.8) is 0 Å². The monoisotopic (exact) mass is 225 g/mol. The molecule has 1 atom stereocenters. The first-order chi connectivity index (χ1) is 7.59. The third kappa shape index (κ3) is 1.77. The van der Waals surface area contributed by atoms with Gasteiger partial charge in [-0.05, 0) is 33.2 Å². The summed E-state index contributed by atoms with van der Waals surface area (Å²) < 4.78 is 10.9. The Labute approximate surface area is 95.8 Å². The number of hydrogen-bond donors (Lipinski definition) is 1. The normalized spacial score (nSPS) is 20.8. The Morgan fingerprint density at radius 2 is 2.12 bits per heavy atom. The molecule has 2 rings (SSSR count). The Kier molecular flexibility index (Phi) is 3.06. The molecular weight excluding hydrogens is 206 g/mol. The summed E-state index contributed by atoms with van der Waals surface area (Å²) in [5.74, 6) is 1.80. The van der Waals surface area contributed by atoms with E-state index < -0.39 is 0 Å². The van der Waals surface area contributed by atoms with Crippen molar-refractivity contribution in [1.82, 2.24) is 4.90 Å². The minimum atomic E-state index is -0.214. The maximum Gasteiger partial charge on any atom is 0.122 e. The second-order valence-electron chi connectivity index (χ2n) is 4.83. The van der Waals surface area contributed by atoms with Crippen LogP contribution in [-0.2, 0) is 4.74 Å². The molecule has 0 aromatic carbocycles. The molecule has 0 aliphatic carbocycles. The molecule has 90 valence electrons. The largest absolute Gasteiger partial charge is 0.465 e. The second-order valence-corrected chi connectivity index (χ2v) is 4.83. The maximum atomic E-state index is 9.58. The zero-order valence-electron chi connectivity index (χ0n) is 10.1. The highest BCUT2D eigenvalue weighted by atomic mass is 16.5. The first-order valence-electron chi connectivity index (χ1n) is 5.50. The lowest BCUT2D eigenvalue weighted by Gasteiger charge is -2.47. The average molecular weight is 225 g/mol. The summed E-state index contributed by atoms with van der Waals surface area (Å²) in [5, 5.41) is 9.58. The van der Waals surface area contributed by atoms with E-state index in [1.54, 1.807) is 0 Å². The van der Waals surface area contributed by atoms with Crippen molar-refractivity contribution in [3.05, 3.63) is 23.7 Å². The third-order valence-electron chi connectivity index (χ3n) is 3.22. The Bertz CT molecular complexity index is 349. The van der Waals surface area contributed by atoms with Crippen LogP contribution >= 0.6 is 0 Å². The molecule has 4 heteroatoms. The number of hydrogen-bond acceptors (Lipinski definition) is 4. The minimum absolute atomic E-state index is 0.0694. The van der Waals surface area contributed by atoms with E-state index in [4.69, 9.17) is 9.15 Å². The molecule has 0 radical (unpaired) electrons. The van der Waals surface area contributed by atoms with Gasteiger partial charge >= 0.3 is 0 Å². The fourth-order valence-electron chi connectivity index (χ4n) is 2.40. The smallest absolute Gasteiger partial charge is 0.122 e. The van der Waals surface area contributed by atoms with Crippen LogP contribution in [0.5, 0.6) is 0 Å². The topological polar surface area (TPSA) is 45.8 Å². The van der Waals surface area contributed by atoms with E-state index in [1.807, 2.05) is 33.2 Å². The summed E-state index contributed by atoms with van der Waals surface area (Å²) in [7, 11) is 4.00. The molecule has 1 unspecified atom stereocenters. The van der Waals surface area contributed by atoms with Gasteiger partial charge in [0, 0.05) is 0 Å². The van der Waals surface area contributed by atoms with Gasteiger partial charge in [-0.1, -0.05) is 0 Å². The first-order valence-corrected chi connectivity index (χ1v) is 5.50. The predicted molar refractivity (Wildman–Crippen MR) is 60.2 cm³/mol. The molecule has 4 nitrogen and oxygen atoms in total. The van der Waals surface area contributed by atoms with Crippen LogP contribution in [0.2, 0.25) is 0 Å². The van der Waals surface area contributed by atoms with Gasteiger partial charge in [-0.25, -0.2) is 0 Å². The average Bonchev–Trinajstić information content (AvgIpc) is 2.57. The zero-order chi connectivity index (χ0) is 11.8. The number of furan rings is 1. The molecule has 0 spiro atoms. The number of rotatable bonds is 4. The predicted octanol–water partition coefficient (Wildman–Crippen LogP) is 1.20. The summed E-state index contributed by atoms with van der Waals surface area (Å²) in [5.41, 5.74) is -0.214. The van der Waals surface area contributed by atoms with E-state index in [0.717, 1.165) is 11.5 Å². The molecule has 1 saturated heterocycles. The Morgan fingerprint density at radius 1 is 1.44 bits per heavy atom. The van der Waals surface area contributed by atoms with E-state index in [1.165, 1.54) is 0 Å². The van der Waals surface area contributed by atoms with Gasteiger partial charge in [0.2, 0.25) is 0 Å². The lowest BCUT2D eigenvalue weighted by molar-refractivity contribution is -0.175. The summed E-state index contributed by atoms with van der Waals surface area (Å²) in [4.78, 5) is 2.08. The van der Waals surface area contributed by atoms with E-state index in [2.05, 4.69) is 4.90 Å². The van der Waals surface area contributed by atoms with E-state index >= 15 is 0 Å². The molecule has 1 aliphatic rings. The molecule has 1 aromatic rings. The van der Waals surface area contributed by atoms with Crippen molar-refractivity contribution in [3.8, 4) is 0 Å². The standard InChI is InChI=1S/C12H19NO3/c1-9-4-5-10(16-9)11(13(2)3)12(6-14)7-15-8-12/h4-5,11,14H,6-8H2,1-3H3. The molecule has 0 amide bonds. The molecule has 2 heterocycles. The number of aliphatic hydroxyl groups excluding tert-OH is 1. The highest BCUT2D eigenvalue weighted by molar-refractivity contribution is 5.15. The summed E-state index contributed by atoms with van der Waals surface area (Å²) in [6.45, 7) is 3.23. The number of aryl methyl sites for hydroxylation is 1. The van der Waals surface area contributed by atoms with Gasteiger partial charge in [-0.3, -0.25) is 4.90 Å². The summed E-state index contributed by atoms with van der Waals surface area (Å²) in [6, 6.07) is 4.01. The van der Waals surface area contributed by atoms with Crippen molar-refractivity contribution in [1.29, 1.82) is 0 Å².